The van der Waals surface area contributed by atoms with Gasteiger partial charge in [0.25, 0.3) is 0 Å². The SMILES string of the molecule is CCOC(C)=O.c1ccccc1.c1ccccc1.c1ccccc1.c1ccccc1.c1ccccc1.c1ccccc1.c1ccccc1.c1ccccc1. The van der Waals surface area contributed by atoms with Crippen molar-refractivity contribution in [3.05, 3.63) is 291 Å². The van der Waals surface area contributed by atoms with Gasteiger partial charge >= 0.3 is 5.97 Å². The van der Waals surface area contributed by atoms with E-state index in [1.54, 1.807) is 6.92 Å². The number of ether oxygens (including phenoxy) is 1. The Hall–Kier alpha value is -6.77. The first-order chi connectivity index (χ1) is 26.8. The summed E-state index contributed by atoms with van der Waals surface area (Å²) >= 11 is 0. The molecule has 54 heavy (non-hydrogen) atoms. The predicted molar refractivity (Wildman–Crippen MR) is 234 cm³/mol. The summed E-state index contributed by atoms with van der Waals surface area (Å²) in [4.78, 5) is 9.82. The third kappa shape index (κ3) is 45.2. The lowest BCUT2D eigenvalue weighted by atomic mass is 10.4. The van der Waals surface area contributed by atoms with Crippen LogP contribution in [0.25, 0.3) is 0 Å². The third-order valence-corrected chi connectivity index (χ3v) is 5.68. The van der Waals surface area contributed by atoms with E-state index in [1.807, 2.05) is 291 Å². The average Bonchev–Trinajstić information content (AvgIpc) is 3.30. The van der Waals surface area contributed by atoms with E-state index >= 15 is 0 Å². The molecule has 0 heterocycles. The summed E-state index contributed by atoms with van der Waals surface area (Å²) in [5, 5.41) is 0. The number of benzene rings is 8. The van der Waals surface area contributed by atoms with Crippen LogP contribution in [0.3, 0.4) is 0 Å². The van der Waals surface area contributed by atoms with Crippen molar-refractivity contribution in [3.8, 4) is 0 Å². The van der Waals surface area contributed by atoms with E-state index in [0.717, 1.165) is 0 Å². The Labute approximate surface area is 326 Å². The highest BCUT2D eigenvalue weighted by Gasteiger charge is 1.81. The summed E-state index contributed by atoms with van der Waals surface area (Å²) in [6.45, 7) is 3.65. The highest BCUT2D eigenvalue weighted by molar-refractivity contribution is 5.65. The van der Waals surface area contributed by atoms with Gasteiger partial charge in [-0.2, -0.15) is 0 Å². The molecule has 0 aromatic heterocycles. The Morgan fingerprint density at radius 1 is 0.241 bits per heavy atom. The van der Waals surface area contributed by atoms with Gasteiger partial charge in [-0.3, -0.25) is 4.79 Å². The molecule has 0 aliphatic heterocycles. The molecule has 276 valence electrons. The Bertz CT molecular complexity index is 1100. The highest BCUT2D eigenvalue weighted by atomic mass is 16.5. The molecule has 0 aliphatic rings. The van der Waals surface area contributed by atoms with Crippen LogP contribution >= 0.6 is 0 Å². The topological polar surface area (TPSA) is 26.3 Å². The van der Waals surface area contributed by atoms with Gasteiger partial charge in [0.2, 0.25) is 0 Å². The van der Waals surface area contributed by atoms with Crippen molar-refractivity contribution in [3.63, 3.8) is 0 Å². The summed E-state index contributed by atoms with van der Waals surface area (Å²) in [6.07, 6.45) is 0. The van der Waals surface area contributed by atoms with Gasteiger partial charge in [0.15, 0.2) is 0 Å². The van der Waals surface area contributed by atoms with Crippen LogP contribution in [-0.2, 0) is 9.53 Å². The summed E-state index contributed by atoms with van der Waals surface area (Å²) in [6, 6.07) is 96.0. The average molecular weight is 713 g/mol. The van der Waals surface area contributed by atoms with Gasteiger partial charge in [-0.25, -0.2) is 0 Å². The van der Waals surface area contributed by atoms with Crippen molar-refractivity contribution in [1.29, 1.82) is 0 Å². The van der Waals surface area contributed by atoms with E-state index in [-0.39, 0.29) is 5.97 Å². The highest BCUT2D eigenvalue weighted by Crippen LogP contribution is 1.84. The van der Waals surface area contributed by atoms with Gasteiger partial charge in [0.1, 0.15) is 0 Å². The number of rotatable bonds is 1. The zero-order valence-corrected chi connectivity index (χ0v) is 31.7. The largest absolute Gasteiger partial charge is 0.466 e. The van der Waals surface area contributed by atoms with Gasteiger partial charge in [-0.1, -0.05) is 291 Å². The molecule has 0 atom stereocenters. The van der Waals surface area contributed by atoms with Gasteiger partial charge in [0.05, 0.1) is 6.61 Å². The first kappa shape index (κ1) is 47.2. The zero-order chi connectivity index (χ0) is 38.9. The van der Waals surface area contributed by atoms with Crippen LogP contribution in [0.4, 0.5) is 0 Å². The molecular formula is C52H56O2. The molecule has 0 saturated heterocycles. The second kappa shape index (κ2) is 44.3. The van der Waals surface area contributed by atoms with E-state index in [1.165, 1.54) is 6.92 Å². The van der Waals surface area contributed by atoms with E-state index in [9.17, 15) is 4.79 Å². The molecule has 0 radical (unpaired) electrons. The second-order valence-electron chi connectivity index (χ2n) is 10.2. The van der Waals surface area contributed by atoms with Crippen LogP contribution in [0.5, 0.6) is 0 Å². The van der Waals surface area contributed by atoms with Crippen LogP contribution in [0.2, 0.25) is 0 Å². The number of esters is 1. The van der Waals surface area contributed by atoms with Crippen LogP contribution < -0.4 is 0 Å². The van der Waals surface area contributed by atoms with Crippen molar-refractivity contribution in [2.45, 2.75) is 13.8 Å². The third-order valence-electron chi connectivity index (χ3n) is 5.68. The maximum absolute atomic E-state index is 9.82. The summed E-state index contributed by atoms with van der Waals surface area (Å²) in [5.74, 6) is -0.211. The molecule has 2 heteroatoms. The molecule has 2 nitrogen and oxygen atoms in total. The lowest BCUT2D eigenvalue weighted by Gasteiger charge is -1.89. The minimum Gasteiger partial charge on any atom is -0.466 e. The minimum atomic E-state index is -0.211. The molecule has 0 saturated carbocycles. The predicted octanol–water partition coefficient (Wildman–Crippen LogP) is 14.1. The van der Waals surface area contributed by atoms with Crippen LogP contribution in [0.15, 0.2) is 291 Å². The maximum Gasteiger partial charge on any atom is 0.302 e. The molecule has 0 fully saturated rings. The zero-order valence-electron chi connectivity index (χ0n) is 31.7. The molecule has 0 bridgehead atoms. The number of carbonyl (C=O) groups excluding carboxylic acids is 1. The normalized spacial score (nSPS) is 7.96. The fourth-order valence-electron chi connectivity index (χ4n) is 3.28. The van der Waals surface area contributed by atoms with Crippen molar-refractivity contribution < 1.29 is 9.53 Å². The maximum atomic E-state index is 9.82. The first-order valence-corrected chi connectivity index (χ1v) is 17.9. The smallest absolute Gasteiger partial charge is 0.302 e. The Morgan fingerprint density at radius 2 is 0.315 bits per heavy atom. The van der Waals surface area contributed by atoms with E-state index in [0.29, 0.717) is 6.61 Å². The van der Waals surface area contributed by atoms with Gasteiger partial charge in [-0.15, -0.1) is 0 Å². The van der Waals surface area contributed by atoms with Crippen molar-refractivity contribution in [2.24, 2.45) is 0 Å². The second-order valence-corrected chi connectivity index (χ2v) is 10.2. The molecule has 0 spiro atoms. The molecule has 0 amide bonds. The Kier molecular flexibility index (Phi) is 38.7. The van der Waals surface area contributed by atoms with E-state index in [4.69, 9.17) is 0 Å². The first-order valence-electron chi connectivity index (χ1n) is 17.9. The van der Waals surface area contributed by atoms with Crippen molar-refractivity contribution in [2.75, 3.05) is 6.61 Å². The van der Waals surface area contributed by atoms with E-state index in [2.05, 4.69) is 4.74 Å². The fourth-order valence-corrected chi connectivity index (χ4v) is 3.28. The minimum absolute atomic E-state index is 0.211. The Morgan fingerprint density at radius 3 is 0.333 bits per heavy atom. The van der Waals surface area contributed by atoms with Crippen molar-refractivity contribution >= 4 is 5.97 Å². The fraction of sp³-hybridized carbons (Fsp3) is 0.0577. The molecule has 8 rings (SSSR count). The molecule has 8 aromatic carbocycles. The molecule has 8 aromatic rings. The molecule has 0 N–H and O–H groups in total. The lowest BCUT2D eigenvalue weighted by Crippen LogP contribution is -1.95. The summed E-state index contributed by atoms with van der Waals surface area (Å²) in [7, 11) is 0. The van der Waals surface area contributed by atoms with Crippen LogP contribution in [0.1, 0.15) is 13.8 Å². The van der Waals surface area contributed by atoms with Gasteiger partial charge < -0.3 is 4.74 Å². The molecule has 0 aliphatic carbocycles. The van der Waals surface area contributed by atoms with Gasteiger partial charge in [-0.05, 0) is 6.92 Å². The summed E-state index contributed by atoms with van der Waals surface area (Å²) in [5.41, 5.74) is 0. The number of hydrogen-bond donors (Lipinski definition) is 0. The summed E-state index contributed by atoms with van der Waals surface area (Å²) < 4.78 is 4.40. The monoisotopic (exact) mass is 712 g/mol. The van der Waals surface area contributed by atoms with Gasteiger partial charge in [0, 0.05) is 6.92 Å². The lowest BCUT2D eigenvalue weighted by molar-refractivity contribution is -0.140. The molecule has 0 unspecified atom stereocenters. The van der Waals surface area contributed by atoms with Crippen molar-refractivity contribution in [1.82, 2.24) is 0 Å². The van der Waals surface area contributed by atoms with E-state index < -0.39 is 0 Å². The number of hydrogen-bond acceptors (Lipinski definition) is 2. The number of carbonyl (C=O) groups is 1. The molecular weight excluding hydrogens is 657 g/mol. The van der Waals surface area contributed by atoms with Crippen LogP contribution in [0, 0.1) is 0 Å². The standard InChI is InChI=1S/8C6H6.C4H8O2/c8*1-2-4-6-5-3-1;1-3-6-4(2)5/h8*1-6H;3H2,1-2H3. The quantitative estimate of drug-likeness (QED) is 0.158. The Balaban J connectivity index is 0.000000585. The van der Waals surface area contributed by atoms with Crippen LogP contribution in [-0.4, -0.2) is 12.6 Å².